The van der Waals surface area contributed by atoms with Crippen molar-refractivity contribution in [1.82, 2.24) is 9.88 Å². The van der Waals surface area contributed by atoms with Gasteiger partial charge >= 0.3 is 5.97 Å². The Labute approximate surface area is 199 Å². The van der Waals surface area contributed by atoms with Crippen LogP contribution in [-0.2, 0) is 22.5 Å². The molecule has 3 aromatic carbocycles. The Hall–Kier alpha value is -3.02. The minimum absolute atomic E-state index is 0.0988. The number of methoxy groups -OCH3 is 1. The van der Waals surface area contributed by atoms with Crippen molar-refractivity contribution < 1.29 is 9.53 Å². The summed E-state index contributed by atoms with van der Waals surface area (Å²) in [4.78, 5) is 20.3. The molecule has 2 atom stereocenters. The third-order valence-corrected chi connectivity index (χ3v) is 7.51. The van der Waals surface area contributed by atoms with E-state index in [1.165, 1.54) is 34.2 Å². The number of ether oxygens (including phenoxy) is 1. The Morgan fingerprint density at radius 3 is 2.45 bits per heavy atom. The van der Waals surface area contributed by atoms with Gasteiger partial charge in [-0.05, 0) is 41.5 Å². The Morgan fingerprint density at radius 2 is 1.70 bits per heavy atom. The Kier molecular flexibility index (Phi) is 6.51. The molecule has 4 aromatic rings. The van der Waals surface area contributed by atoms with Gasteiger partial charge in [0.1, 0.15) is 6.04 Å². The predicted molar refractivity (Wildman–Crippen MR) is 134 cm³/mol. The first kappa shape index (κ1) is 21.8. The maximum absolute atomic E-state index is 13.0. The molecule has 5 heteroatoms. The van der Waals surface area contributed by atoms with Crippen LogP contribution in [0.15, 0.2) is 89.8 Å². The number of esters is 1. The fraction of sp³-hybridized carbons (Fsp3) is 0.250. The van der Waals surface area contributed by atoms with E-state index in [9.17, 15) is 4.79 Å². The molecular weight excluding hydrogens is 428 g/mol. The molecule has 1 aliphatic heterocycles. The standard InChI is InChI=1S/C28H28N2O2S/c1-32-28(31)26-18-23-22-14-8-9-15-24(22)29-27(23)25(16-17-33-21-12-6-3-7-13-21)30(26)19-20-10-4-2-5-11-20/h2-15,25-26,29H,16-19H2,1H3/t25-,26-/m0/s1. The molecule has 0 aliphatic carbocycles. The second-order valence-corrected chi connectivity index (χ2v) is 9.60. The fourth-order valence-corrected chi connectivity index (χ4v) is 5.83. The molecule has 0 spiro atoms. The van der Waals surface area contributed by atoms with Crippen LogP contribution in [0.5, 0.6) is 0 Å². The number of rotatable bonds is 7. The highest BCUT2D eigenvalue weighted by atomic mass is 32.2. The summed E-state index contributed by atoms with van der Waals surface area (Å²) in [5, 5.41) is 1.21. The first-order chi connectivity index (χ1) is 16.2. The highest BCUT2D eigenvalue weighted by molar-refractivity contribution is 7.99. The van der Waals surface area contributed by atoms with Gasteiger partial charge in [0.2, 0.25) is 0 Å². The zero-order valence-electron chi connectivity index (χ0n) is 18.7. The summed E-state index contributed by atoms with van der Waals surface area (Å²) in [5.41, 5.74) is 4.82. The number of fused-ring (bicyclic) bond motifs is 3. The number of thioether (sulfide) groups is 1. The number of nitrogens with one attached hydrogen (secondary N) is 1. The highest BCUT2D eigenvalue weighted by Gasteiger charge is 2.40. The second kappa shape index (κ2) is 9.86. The van der Waals surface area contributed by atoms with Crippen molar-refractivity contribution in [3.8, 4) is 0 Å². The number of nitrogens with zero attached hydrogens (tertiary/aromatic N) is 1. The summed E-state index contributed by atoms with van der Waals surface area (Å²) >= 11 is 1.86. The highest BCUT2D eigenvalue weighted by Crippen LogP contribution is 2.41. The number of aromatic nitrogens is 1. The van der Waals surface area contributed by atoms with Gasteiger partial charge in [-0.3, -0.25) is 9.69 Å². The van der Waals surface area contributed by atoms with Gasteiger partial charge in [0, 0.05) is 34.5 Å². The van der Waals surface area contributed by atoms with E-state index < -0.39 is 0 Å². The minimum Gasteiger partial charge on any atom is -0.468 e. The maximum atomic E-state index is 13.0. The average Bonchev–Trinajstić information content (AvgIpc) is 3.24. The van der Waals surface area contributed by atoms with E-state index in [0.717, 1.165) is 17.7 Å². The molecule has 1 N–H and O–H groups in total. The van der Waals surface area contributed by atoms with Crippen LogP contribution < -0.4 is 0 Å². The smallest absolute Gasteiger partial charge is 0.323 e. The molecule has 0 bridgehead atoms. The van der Waals surface area contributed by atoms with Crippen molar-refractivity contribution in [2.24, 2.45) is 0 Å². The Morgan fingerprint density at radius 1 is 1.00 bits per heavy atom. The van der Waals surface area contributed by atoms with Crippen LogP contribution >= 0.6 is 11.8 Å². The first-order valence-electron chi connectivity index (χ1n) is 11.4. The van der Waals surface area contributed by atoms with Gasteiger partial charge in [-0.25, -0.2) is 0 Å². The number of H-pyrrole nitrogens is 1. The molecule has 2 heterocycles. The molecule has 1 aliphatic rings. The molecule has 33 heavy (non-hydrogen) atoms. The van der Waals surface area contributed by atoms with Crippen molar-refractivity contribution in [1.29, 1.82) is 0 Å². The largest absolute Gasteiger partial charge is 0.468 e. The topological polar surface area (TPSA) is 45.3 Å². The molecule has 1 aromatic heterocycles. The number of carbonyl (C=O) groups is 1. The third kappa shape index (κ3) is 4.56. The zero-order chi connectivity index (χ0) is 22.6. The predicted octanol–water partition coefficient (Wildman–Crippen LogP) is 5.99. The van der Waals surface area contributed by atoms with E-state index >= 15 is 0 Å². The van der Waals surface area contributed by atoms with E-state index in [1.54, 1.807) is 0 Å². The quantitative estimate of drug-likeness (QED) is 0.274. The lowest BCUT2D eigenvalue weighted by Crippen LogP contribution is -2.48. The van der Waals surface area contributed by atoms with Gasteiger partial charge in [0.15, 0.2) is 0 Å². The van der Waals surface area contributed by atoms with Crippen LogP contribution in [0.4, 0.5) is 0 Å². The third-order valence-electron chi connectivity index (χ3n) is 6.46. The molecule has 0 amide bonds. The van der Waals surface area contributed by atoms with Gasteiger partial charge in [0.25, 0.3) is 0 Å². The van der Waals surface area contributed by atoms with E-state index in [4.69, 9.17) is 4.74 Å². The molecule has 5 rings (SSSR count). The van der Waals surface area contributed by atoms with Gasteiger partial charge in [0.05, 0.1) is 13.2 Å². The van der Waals surface area contributed by atoms with Gasteiger partial charge in [-0.2, -0.15) is 0 Å². The molecule has 0 radical (unpaired) electrons. The first-order valence-corrected chi connectivity index (χ1v) is 12.4. The molecule has 168 valence electrons. The second-order valence-electron chi connectivity index (χ2n) is 8.43. The van der Waals surface area contributed by atoms with Crippen molar-refractivity contribution in [2.45, 2.75) is 36.4 Å². The van der Waals surface area contributed by atoms with Crippen LogP contribution in [-0.4, -0.2) is 34.8 Å². The number of benzene rings is 3. The van der Waals surface area contributed by atoms with Crippen molar-refractivity contribution in [3.05, 3.63) is 102 Å². The number of carbonyl (C=O) groups excluding carboxylic acids is 1. The van der Waals surface area contributed by atoms with E-state index in [2.05, 4.69) is 82.7 Å². The van der Waals surface area contributed by atoms with E-state index in [0.29, 0.717) is 13.0 Å². The van der Waals surface area contributed by atoms with E-state index in [1.807, 2.05) is 23.9 Å². The molecule has 0 fully saturated rings. The zero-order valence-corrected chi connectivity index (χ0v) is 19.6. The van der Waals surface area contributed by atoms with Gasteiger partial charge < -0.3 is 9.72 Å². The fourth-order valence-electron chi connectivity index (χ4n) is 4.90. The van der Waals surface area contributed by atoms with Crippen LogP contribution in [0.3, 0.4) is 0 Å². The lowest BCUT2D eigenvalue weighted by atomic mass is 9.89. The number of aromatic amines is 1. The van der Waals surface area contributed by atoms with Crippen LogP contribution in [0.25, 0.3) is 10.9 Å². The van der Waals surface area contributed by atoms with Gasteiger partial charge in [-0.15, -0.1) is 11.8 Å². The SMILES string of the molecule is COC(=O)[C@@H]1Cc2c([nH]c3ccccc23)[C@H](CCSc2ccccc2)N1Cc1ccccc1. The Balaban J connectivity index is 1.52. The molecule has 0 unspecified atom stereocenters. The van der Waals surface area contributed by atoms with Crippen molar-refractivity contribution >= 4 is 28.6 Å². The van der Waals surface area contributed by atoms with Gasteiger partial charge in [-0.1, -0.05) is 66.7 Å². The number of para-hydroxylation sites is 1. The van der Waals surface area contributed by atoms with Crippen molar-refractivity contribution in [3.63, 3.8) is 0 Å². The summed E-state index contributed by atoms with van der Waals surface area (Å²) < 4.78 is 5.29. The summed E-state index contributed by atoms with van der Waals surface area (Å²) in [5.74, 6) is 0.797. The normalized spacial score (nSPS) is 18.2. The molecule has 0 saturated carbocycles. The summed E-state index contributed by atoms with van der Waals surface area (Å²) in [6, 6.07) is 29.1. The maximum Gasteiger partial charge on any atom is 0.323 e. The minimum atomic E-state index is -0.311. The number of hydrogen-bond donors (Lipinski definition) is 1. The van der Waals surface area contributed by atoms with E-state index in [-0.39, 0.29) is 18.1 Å². The molecule has 0 saturated heterocycles. The molecule has 4 nitrogen and oxygen atoms in total. The summed E-state index contributed by atoms with van der Waals surface area (Å²) in [6.45, 7) is 0.704. The lowest BCUT2D eigenvalue weighted by Gasteiger charge is -2.41. The van der Waals surface area contributed by atoms with Crippen LogP contribution in [0, 0.1) is 0 Å². The monoisotopic (exact) mass is 456 g/mol. The summed E-state index contributed by atoms with van der Waals surface area (Å²) in [7, 11) is 1.49. The van der Waals surface area contributed by atoms with Crippen LogP contribution in [0.1, 0.15) is 29.3 Å². The number of hydrogen-bond acceptors (Lipinski definition) is 4. The van der Waals surface area contributed by atoms with Crippen LogP contribution in [0.2, 0.25) is 0 Å². The lowest BCUT2D eigenvalue weighted by molar-refractivity contribution is -0.149. The summed E-state index contributed by atoms with van der Waals surface area (Å²) in [6.07, 6.45) is 1.58. The average molecular weight is 457 g/mol. The molecular formula is C28H28N2O2S. The van der Waals surface area contributed by atoms with Crippen molar-refractivity contribution in [2.75, 3.05) is 12.9 Å². The Bertz CT molecular complexity index is 1220.